The fraction of sp³-hybridized carbons (Fsp3) is 0.600. The molecule has 1 aliphatic heterocycles. The zero-order valence-electron chi connectivity index (χ0n) is 13.7. The van der Waals surface area contributed by atoms with Gasteiger partial charge in [0.05, 0.1) is 12.3 Å². The molecule has 1 aliphatic rings. The van der Waals surface area contributed by atoms with Gasteiger partial charge in [-0.15, -0.1) is 0 Å². The maximum absolute atomic E-state index is 12.3. The molecule has 128 valence electrons. The molecular formula is C15H22ClN3O4. The molecule has 2 rings (SSSR count). The number of aliphatic hydroxyl groups excluding tert-OH is 1. The first-order chi connectivity index (χ1) is 10.8. The van der Waals surface area contributed by atoms with Gasteiger partial charge < -0.3 is 19.7 Å². The van der Waals surface area contributed by atoms with Crippen LogP contribution in [0.1, 0.15) is 33.5 Å². The van der Waals surface area contributed by atoms with E-state index in [1.54, 1.807) is 6.07 Å². The summed E-state index contributed by atoms with van der Waals surface area (Å²) in [6.45, 7) is 9.26. The summed E-state index contributed by atoms with van der Waals surface area (Å²) >= 11 is 6.04. The monoisotopic (exact) mass is 343 g/mol. The minimum absolute atomic E-state index is 0.0608. The summed E-state index contributed by atoms with van der Waals surface area (Å²) in [5, 5.41) is 17.1. The van der Waals surface area contributed by atoms with E-state index in [2.05, 4.69) is 10.5 Å². The van der Waals surface area contributed by atoms with Gasteiger partial charge in [0, 0.05) is 24.6 Å². The van der Waals surface area contributed by atoms with Gasteiger partial charge >= 0.3 is 0 Å². The van der Waals surface area contributed by atoms with E-state index in [0.29, 0.717) is 25.5 Å². The van der Waals surface area contributed by atoms with Crippen LogP contribution in [0.2, 0.25) is 0 Å². The van der Waals surface area contributed by atoms with E-state index in [1.807, 2.05) is 27.7 Å². The Balaban J connectivity index is 2.14. The first-order valence-electron chi connectivity index (χ1n) is 7.47. The minimum atomic E-state index is -1.23. The largest absolute Gasteiger partial charge is 0.381 e. The van der Waals surface area contributed by atoms with Crippen LogP contribution < -0.4 is 10.2 Å². The average Bonchev–Trinajstić information content (AvgIpc) is 3.02. The van der Waals surface area contributed by atoms with Gasteiger partial charge in [-0.1, -0.05) is 37.5 Å². The first-order valence-corrected chi connectivity index (χ1v) is 7.85. The Kier molecular flexibility index (Phi) is 5.33. The lowest BCUT2D eigenvalue weighted by atomic mass is 9.93. The van der Waals surface area contributed by atoms with Crippen molar-refractivity contribution in [2.75, 3.05) is 24.7 Å². The third-order valence-corrected chi connectivity index (χ3v) is 3.76. The summed E-state index contributed by atoms with van der Waals surface area (Å²) in [7, 11) is 0. The van der Waals surface area contributed by atoms with Gasteiger partial charge in [-0.05, 0) is 6.92 Å². The summed E-state index contributed by atoms with van der Waals surface area (Å²) in [6.07, 6.45) is -1.23. The zero-order valence-corrected chi connectivity index (χ0v) is 14.5. The number of hydrogen-bond acceptors (Lipinski definition) is 6. The molecule has 8 heteroatoms. The molecule has 0 aliphatic carbocycles. The number of nitrogens with zero attached hydrogens (tertiary/aromatic N) is 2. The van der Waals surface area contributed by atoms with E-state index in [9.17, 15) is 9.90 Å². The number of carbonyl (C=O) groups excluding carboxylic acids is 1. The molecule has 1 amide bonds. The van der Waals surface area contributed by atoms with Crippen molar-refractivity contribution in [2.45, 2.75) is 39.3 Å². The van der Waals surface area contributed by atoms with Crippen LogP contribution >= 0.6 is 11.6 Å². The van der Waals surface area contributed by atoms with Gasteiger partial charge in [0.15, 0.2) is 12.0 Å². The molecule has 1 atom stereocenters. The normalized spacial score (nSPS) is 19.0. The number of aliphatic hydroxyl groups is 1. The van der Waals surface area contributed by atoms with Crippen molar-refractivity contribution in [2.24, 2.45) is 0 Å². The maximum Gasteiger partial charge on any atom is 0.275 e. The molecule has 0 bridgehead atoms. The molecule has 2 heterocycles. The fourth-order valence-electron chi connectivity index (χ4n) is 2.11. The number of aromatic nitrogens is 1. The predicted molar refractivity (Wildman–Crippen MR) is 86.1 cm³/mol. The summed E-state index contributed by atoms with van der Waals surface area (Å²) in [4.78, 5) is 13.4. The lowest BCUT2D eigenvalue weighted by molar-refractivity contribution is -0.115. The molecule has 0 saturated heterocycles. The lowest BCUT2D eigenvalue weighted by Gasteiger charge is -2.20. The summed E-state index contributed by atoms with van der Waals surface area (Å²) in [5.41, 5.74) is -0.00827. The molecule has 2 N–H and O–H groups in total. The van der Waals surface area contributed by atoms with Crippen LogP contribution in [0.5, 0.6) is 0 Å². The van der Waals surface area contributed by atoms with E-state index in [4.69, 9.17) is 20.9 Å². The van der Waals surface area contributed by atoms with Crippen LogP contribution in [0.25, 0.3) is 0 Å². The third-order valence-electron chi connectivity index (χ3n) is 3.40. The average molecular weight is 344 g/mol. The molecular weight excluding hydrogens is 322 g/mol. The second kappa shape index (κ2) is 6.90. The summed E-state index contributed by atoms with van der Waals surface area (Å²) < 4.78 is 10.5. The smallest absolute Gasteiger partial charge is 0.275 e. The SMILES string of the molecule is CCOCCNC1=C(Cl)C(=O)N(c2cc(C(C)(C)C)on2)C1O. The number of rotatable bonds is 6. The van der Waals surface area contributed by atoms with Gasteiger partial charge in [-0.25, -0.2) is 0 Å². The van der Waals surface area contributed by atoms with Crippen molar-refractivity contribution in [3.63, 3.8) is 0 Å². The van der Waals surface area contributed by atoms with Crippen LogP contribution in [0, 0.1) is 0 Å². The second-order valence-corrected chi connectivity index (χ2v) is 6.58. The van der Waals surface area contributed by atoms with Gasteiger partial charge in [0.25, 0.3) is 5.91 Å². The maximum atomic E-state index is 12.3. The number of halogens is 1. The van der Waals surface area contributed by atoms with Crippen molar-refractivity contribution in [1.29, 1.82) is 0 Å². The third kappa shape index (κ3) is 3.68. The van der Waals surface area contributed by atoms with Crippen LogP contribution in [-0.4, -0.2) is 42.2 Å². The fourth-order valence-corrected chi connectivity index (χ4v) is 2.36. The van der Waals surface area contributed by atoms with E-state index in [-0.39, 0.29) is 22.0 Å². The molecule has 0 saturated carbocycles. The minimum Gasteiger partial charge on any atom is -0.381 e. The second-order valence-electron chi connectivity index (χ2n) is 6.20. The molecule has 0 aromatic carbocycles. The molecule has 0 fully saturated rings. The van der Waals surface area contributed by atoms with Crippen molar-refractivity contribution >= 4 is 23.3 Å². The van der Waals surface area contributed by atoms with Crippen molar-refractivity contribution < 1.29 is 19.2 Å². The lowest BCUT2D eigenvalue weighted by Crippen LogP contribution is -2.38. The zero-order chi connectivity index (χ0) is 17.2. The Morgan fingerprint density at radius 2 is 2.22 bits per heavy atom. The number of ether oxygens (including phenoxy) is 1. The Hall–Kier alpha value is -1.57. The number of anilines is 1. The summed E-state index contributed by atoms with van der Waals surface area (Å²) in [6, 6.07) is 1.63. The van der Waals surface area contributed by atoms with Crippen molar-refractivity contribution in [1.82, 2.24) is 10.5 Å². The highest BCUT2D eigenvalue weighted by Gasteiger charge is 2.40. The molecule has 0 spiro atoms. The molecule has 7 nitrogen and oxygen atoms in total. The van der Waals surface area contributed by atoms with Gasteiger partial charge in [0.2, 0.25) is 0 Å². The van der Waals surface area contributed by atoms with Gasteiger partial charge in [-0.2, -0.15) is 0 Å². The van der Waals surface area contributed by atoms with Crippen molar-refractivity contribution in [3.8, 4) is 0 Å². The van der Waals surface area contributed by atoms with Crippen LogP contribution in [0.3, 0.4) is 0 Å². The molecule has 1 unspecified atom stereocenters. The highest BCUT2D eigenvalue weighted by atomic mass is 35.5. The van der Waals surface area contributed by atoms with Gasteiger partial charge in [-0.3, -0.25) is 9.69 Å². The quantitative estimate of drug-likeness (QED) is 0.765. The van der Waals surface area contributed by atoms with Gasteiger partial charge in [0.1, 0.15) is 10.8 Å². The van der Waals surface area contributed by atoms with Crippen LogP contribution in [0.4, 0.5) is 5.82 Å². The number of hydrogen-bond donors (Lipinski definition) is 2. The number of nitrogens with one attached hydrogen (secondary N) is 1. The van der Waals surface area contributed by atoms with E-state index >= 15 is 0 Å². The van der Waals surface area contributed by atoms with E-state index in [1.165, 1.54) is 0 Å². The number of carbonyl (C=O) groups is 1. The molecule has 23 heavy (non-hydrogen) atoms. The van der Waals surface area contributed by atoms with Crippen LogP contribution in [-0.2, 0) is 14.9 Å². The number of amides is 1. The highest BCUT2D eigenvalue weighted by molar-refractivity contribution is 6.45. The Morgan fingerprint density at radius 1 is 1.52 bits per heavy atom. The molecule has 1 aromatic heterocycles. The Morgan fingerprint density at radius 3 is 2.78 bits per heavy atom. The molecule has 0 radical (unpaired) electrons. The molecule has 1 aromatic rings. The Bertz CT molecular complexity index is 606. The first kappa shape index (κ1) is 17.8. The standard InChI is InChI=1S/C15H22ClN3O4/c1-5-22-7-6-17-12-11(16)13(20)19(14(12)21)10-8-9(23-18-10)15(2,3)4/h8,14,17,21H,5-7H2,1-4H3. The van der Waals surface area contributed by atoms with E-state index < -0.39 is 12.1 Å². The van der Waals surface area contributed by atoms with Crippen LogP contribution in [0.15, 0.2) is 21.3 Å². The highest BCUT2D eigenvalue weighted by Crippen LogP contribution is 2.32. The van der Waals surface area contributed by atoms with Crippen molar-refractivity contribution in [3.05, 3.63) is 22.6 Å². The predicted octanol–water partition coefficient (Wildman–Crippen LogP) is 1.71. The Labute approximate surface area is 140 Å². The van der Waals surface area contributed by atoms with E-state index in [0.717, 1.165) is 4.90 Å². The topological polar surface area (TPSA) is 87.8 Å². The summed E-state index contributed by atoms with van der Waals surface area (Å²) in [5.74, 6) is 0.320.